The third kappa shape index (κ3) is 2.18. The summed E-state index contributed by atoms with van der Waals surface area (Å²) in [4.78, 5) is 8.73. The Morgan fingerprint density at radius 2 is 1.60 bits per heavy atom. The van der Waals surface area contributed by atoms with Crippen LogP contribution < -0.4 is 5.32 Å². The molecule has 0 atom stereocenters. The number of aromatic nitrogens is 2. The van der Waals surface area contributed by atoms with Crippen LogP contribution in [0.2, 0.25) is 0 Å². The summed E-state index contributed by atoms with van der Waals surface area (Å²) in [6.07, 6.45) is 0. The smallest absolute Gasteiger partial charge is 0.162 e. The van der Waals surface area contributed by atoms with Crippen molar-refractivity contribution in [3.8, 4) is 11.4 Å². The highest BCUT2D eigenvalue weighted by Gasteiger charge is 2.09. The molecule has 0 aliphatic carbocycles. The Morgan fingerprint density at radius 3 is 2.30 bits per heavy atom. The van der Waals surface area contributed by atoms with Crippen LogP contribution in [0.5, 0.6) is 0 Å². The minimum absolute atomic E-state index is 0.314. The van der Waals surface area contributed by atoms with E-state index in [2.05, 4.69) is 15.3 Å². The van der Waals surface area contributed by atoms with Gasteiger partial charge in [0.2, 0.25) is 0 Å². The number of halogens is 2. The van der Waals surface area contributed by atoms with Crippen LogP contribution in [-0.2, 0) is 0 Å². The minimum Gasteiger partial charge on any atom is -0.373 e. The Hall–Kier alpha value is -2.56. The molecule has 0 spiro atoms. The summed E-state index contributed by atoms with van der Waals surface area (Å²) in [6, 6.07) is 10.3. The number of nitrogens with one attached hydrogen (secondary N) is 1. The summed E-state index contributed by atoms with van der Waals surface area (Å²) < 4.78 is 26.2. The van der Waals surface area contributed by atoms with Gasteiger partial charge in [-0.2, -0.15) is 0 Å². The molecule has 0 aliphatic rings. The molecule has 0 aliphatic heterocycles. The Balaban J connectivity index is 2.22. The van der Waals surface area contributed by atoms with E-state index in [4.69, 9.17) is 0 Å². The first-order chi connectivity index (χ1) is 9.67. The Bertz CT molecular complexity index is 770. The second kappa shape index (κ2) is 4.85. The molecule has 100 valence electrons. The zero-order valence-electron chi connectivity index (χ0n) is 10.7. The first-order valence-electron chi connectivity index (χ1n) is 6.08. The van der Waals surface area contributed by atoms with Crippen molar-refractivity contribution in [3.05, 3.63) is 54.1 Å². The molecule has 1 N–H and O–H groups in total. The fraction of sp³-hybridized carbons (Fsp3) is 0.0667. The fourth-order valence-electron chi connectivity index (χ4n) is 2.02. The van der Waals surface area contributed by atoms with Gasteiger partial charge in [0.25, 0.3) is 0 Å². The van der Waals surface area contributed by atoms with Crippen molar-refractivity contribution < 1.29 is 8.78 Å². The zero-order chi connectivity index (χ0) is 14.1. The predicted molar refractivity (Wildman–Crippen MR) is 74.4 cm³/mol. The lowest BCUT2D eigenvalue weighted by Crippen LogP contribution is -1.99. The molecule has 0 saturated heterocycles. The van der Waals surface area contributed by atoms with Crippen LogP contribution in [0.15, 0.2) is 42.5 Å². The molecule has 0 radical (unpaired) electrons. The minimum atomic E-state index is -0.341. The molecule has 1 aromatic heterocycles. The van der Waals surface area contributed by atoms with E-state index in [1.165, 1.54) is 24.3 Å². The van der Waals surface area contributed by atoms with Gasteiger partial charge >= 0.3 is 0 Å². The van der Waals surface area contributed by atoms with Crippen LogP contribution in [0.1, 0.15) is 0 Å². The van der Waals surface area contributed by atoms with E-state index in [1.807, 2.05) is 0 Å². The van der Waals surface area contributed by atoms with Crippen molar-refractivity contribution in [2.75, 3.05) is 12.4 Å². The molecule has 3 rings (SSSR count). The highest BCUT2D eigenvalue weighted by atomic mass is 19.1. The number of hydrogen-bond donors (Lipinski definition) is 1. The molecule has 0 bridgehead atoms. The van der Waals surface area contributed by atoms with Crippen molar-refractivity contribution in [2.45, 2.75) is 0 Å². The van der Waals surface area contributed by atoms with Crippen molar-refractivity contribution in [1.82, 2.24) is 9.97 Å². The van der Waals surface area contributed by atoms with E-state index in [1.54, 1.807) is 25.2 Å². The number of benzene rings is 2. The maximum absolute atomic E-state index is 13.3. The summed E-state index contributed by atoms with van der Waals surface area (Å²) >= 11 is 0. The largest absolute Gasteiger partial charge is 0.373 e. The van der Waals surface area contributed by atoms with Crippen molar-refractivity contribution in [2.24, 2.45) is 0 Å². The van der Waals surface area contributed by atoms with Gasteiger partial charge in [0, 0.05) is 18.0 Å². The monoisotopic (exact) mass is 271 g/mol. The van der Waals surface area contributed by atoms with Gasteiger partial charge in [-0.05, 0) is 42.5 Å². The lowest BCUT2D eigenvalue weighted by atomic mass is 10.1. The molecule has 0 amide bonds. The van der Waals surface area contributed by atoms with E-state index >= 15 is 0 Å². The molecule has 0 saturated carbocycles. The van der Waals surface area contributed by atoms with E-state index < -0.39 is 0 Å². The maximum atomic E-state index is 13.3. The summed E-state index contributed by atoms with van der Waals surface area (Å²) in [7, 11) is 1.71. The number of hydrogen-bond acceptors (Lipinski definition) is 3. The van der Waals surface area contributed by atoms with Crippen LogP contribution in [0, 0.1) is 11.6 Å². The third-order valence-electron chi connectivity index (χ3n) is 3.00. The highest BCUT2D eigenvalue weighted by Crippen LogP contribution is 2.25. The lowest BCUT2D eigenvalue weighted by molar-refractivity contribution is 0.628. The summed E-state index contributed by atoms with van der Waals surface area (Å²) in [5.41, 5.74) is 1.33. The summed E-state index contributed by atoms with van der Waals surface area (Å²) in [6.45, 7) is 0. The fourth-order valence-corrected chi connectivity index (χ4v) is 2.02. The Labute approximate surface area is 114 Å². The number of fused-ring (bicyclic) bond motifs is 1. The Morgan fingerprint density at radius 1 is 0.900 bits per heavy atom. The molecule has 3 aromatic rings. The Kier molecular flexibility index (Phi) is 3.02. The quantitative estimate of drug-likeness (QED) is 0.773. The van der Waals surface area contributed by atoms with Gasteiger partial charge in [-0.25, -0.2) is 18.7 Å². The first-order valence-corrected chi connectivity index (χ1v) is 6.08. The molecule has 2 aromatic carbocycles. The topological polar surface area (TPSA) is 37.8 Å². The molecule has 3 nitrogen and oxygen atoms in total. The van der Waals surface area contributed by atoms with Crippen LogP contribution in [-0.4, -0.2) is 17.0 Å². The molecule has 0 unspecified atom stereocenters. The molecule has 5 heteroatoms. The lowest BCUT2D eigenvalue weighted by Gasteiger charge is -2.08. The van der Waals surface area contributed by atoms with Gasteiger partial charge in [-0.3, -0.25) is 0 Å². The van der Waals surface area contributed by atoms with Crippen molar-refractivity contribution in [3.63, 3.8) is 0 Å². The van der Waals surface area contributed by atoms with E-state index in [-0.39, 0.29) is 11.6 Å². The summed E-state index contributed by atoms with van der Waals surface area (Å²) in [5, 5.41) is 3.54. The van der Waals surface area contributed by atoms with Gasteiger partial charge in [0.05, 0.1) is 5.52 Å². The van der Waals surface area contributed by atoms with Crippen molar-refractivity contribution in [1.29, 1.82) is 0 Å². The third-order valence-corrected chi connectivity index (χ3v) is 3.00. The van der Waals surface area contributed by atoms with Gasteiger partial charge in [0.1, 0.15) is 17.5 Å². The molecular weight excluding hydrogens is 260 g/mol. The van der Waals surface area contributed by atoms with Gasteiger partial charge < -0.3 is 5.32 Å². The van der Waals surface area contributed by atoms with Crippen LogP contribution >= 0.6 is 0 Å². The number of rotatable bonds is 2. The second-order valence-corrected chi connectivity index (χ2v) is 4.31. The molecule has 20 heavy (non-hydrogen) atoms. The van der Waals surface area contributed by atoms with Gasteiger partial charge in [-0.1, -0.05) is 0 Å². The van der Waals surface area contributed by atoms with Crippen molar-refractivity contribution >= 4 is 16.7 Å². The van der Waals surface area contributed by atoms with Crippen LogP contribution in [0.4, 0.5) is 14.6 Å². The summed E-state index contributed by atoms with van der Waals surface area (Å²) in [5.74, 6) is 0.347. The van der Waals surface area contributed by atoms with Gasteiger partial charge in [-0.15, -0.1) is 0 Å². The first kappa shape index (κ1) is 12.5. The predicted octanol–water partition coefficient (Wildman–Crippen LogP) is 3.62. The maximum Gasteiger partial charge on any atom is 0.162 e. The molecule has 1 heterocycles. The van der Waals surface area contributed by atoms with E-state index in [0.29, 0.717) is 28.1 Å². The molecule has 0 fully saturated rings. The SMILES string of the molecule is CNc1nc(-c2ccc(F)cc2)nc2ccc(F)cc12. The molecular formula is C15H11F2N3. The van der Waals surface area contributed by atoms with Crippen LogP contribution in [0.3, 0.4) is 0 Å². The van der Waals surface area contributed by atoms with E-state index in [0.717, 1.165) is 0 Å². The highest BCUT2D eigenvalue weighted by molar-refractivity contribution is 5.90. The van der Waals surface area contributed by atoms with Crippen LogP contribution in [0.25, 0.3) is 22.3 Å². The average molecular weight is 271 g/mol. The van der Waals surface area contributed by atoms with E-state index in [9.17, 15) is 8.78 Å². The number of nitrogens with zero attached hydrogens (tertiary/aromatic N) is 2. The average Bonchev–Trinajstić information content (AvgIpc) is 2.47. The standard InChI is InChI=1S/C15H11F2N3/c1-18-15-12-8-11(17)6-7-13(12)19-14(20-15)9-2-4-10(16)5-3-9/h2-8H,1H3,(H,18,19,20). The number of anilines is 1. The zero-order valence-corrected chi connectivity index (χ0v) is 10.7. The van der Waals surface area contributed by atoms with Gasteiger partial charge in [0.15, 0.2) is 5.82 Å². The normalized spacial score (nSPS) is 10.8. The second-order valence-electron chi connectivity index (χ2n) is 4.31.